The summed E-state index contributed by atoms with van der Waals surface area (Å²) in [5.74, 6) is -0.136. The van der Waals surface area contributed by atoms with Gasteiger partial charge in [-0.15, -0.1) is 0 Å². The van der Waals surface area contributed by atoms with E-state index in [0.717, 1.165) is 38.5 Å². The average molecular weight is 1080 g/mol. The summed E-state index contributed by atoms with van der Waals surface area (Å²) in [5, 5.41) is 14.1. The summed E-state index contributed by atoms with van der Waals surface area (Å²) >= 11 is 0. The Bertz CT molecular complexity index is 1230. The molecule has 0 saturated heterocycles. The Morgan fingerprint density at radius 3 is 1.03 bits per heavy atom. The largest absolute Gasteiger partial charge is 0.472 e. The van der Waals surface area contributed by atoms with Crippen LogP contribution in [-0.2, 0) is 18.4 Å². The first kappa shape index (κ1) is 74.2. The highest BCUT2D eigenvalue weighted by Crippen LogP contribution is 2.43. The molecular weight excluding hydrogens is 948 g/mol. The lowest BCUT2D eigenvalue weighted by atomic mass is 10.0. The van der Waals surface area contributed by atoms with E-state index in [0.29, 0.717) is 23.9 Å². The summed E-state index contributed by atoms with van der Waals surface area (Å²) in [6.45, 7) is 4.95. The molecule has 9 heteroatoms. The van der Waals surface area contributed by atoms with Crippen LogP contribution < -0.4 is 5.32 Å². The van der Waals surface area contributed by atoms with E-state index in [1.54, 1.807) is 0 Å². The van der Waals surface area contributed by atoms with Crippen LogP contribution in [0.4, 0.5) is 0 Å². The molecule has 0 aromatic rings. The topological polar surface area (TPSA) is 105 Å². The SMILES string of the molecule is CCCCCCCCCC/C=C\CCCCCCCCCCCCCCCCCC(=O)NC(COP(=O)(O)OCC[N+](C)(C)C)C(O)CCCCCCCCCCCCCCCCCCCCCCCCCCCC. The third-order valence-corrected chi connectivity index (χ3v) is 16.7. The highest BCUT2D eigenvalue weighted by molar-refractivity contribution is 7.47. The van der Waals surface area contributed by atoms with Gasteiger partial charge in [0.2, 0.25) is 5.91 Å². The minimum absolute atomic E-state index is 0.0780. The van der Waals surface area contributed by atoms with E-state index >= 15 is 0 Å². The molecule has 3 unspecified atom stereocenters. The lowest BCUT2D eigenvalue weighted by Crippen LogP contribution is -2.46. The van der Waals surface area contributed by atoms with Gasteiger partial charge in [-0.1, -0.05) is 321 Å². The van der Waals surface area contributed by atoms with Gasteiger partial charge in [-0.25, -0.2) is 4.57 Å². The maximum Gasteiger partial charge on any atom is 0.472 e. The van der Waals surface area contributed by atoms with Gasteiger partial charge >= 0.3 is 7.82 Å². The predicted octanol–water partition coefficient (Wildman–Crippen LogP) is 20.9. The van der Waals surface area contributed by atoms with Crippen molar-refractivity contribution in [3.05, 3.63) is 12.2 Å². The molecule has 0 heterocycles. The molecule has 75 heavy (non-hydrogen) atoms. The number of hydrogen-bond donors (Lipinski definition) is 3. The van der Waals surface area contributed by atoms with E-state index in [2.05, 4.69) is 31.3 Å². The number of hydrogen-bond acceptors (Lipinski definition) is 5. The number of nitrogens with zero attached hydrogens (tertiary/aromatic N) is 1. The molecule has 0 aliphatic rings. The lowest BCUT2D eigenvalue weighted by Gasteiger charge is -2.26. The first-order chi connectivity index (χ1) is 36.5. The van der Waals surface area contributed by atoms with Crippen LogP contribution in [0.5, 0.6) is 0 Å². The number of amides is 1. The van der Waals surface area contributed by atoms with Gasteiger partial charge in [0.05, 0.1) is 39.9 Å². The Hall–Kier alpha value is -0.760. The first-order valence-corrected chi connectivity index (χ1v) is 35.0. The number of rotatable bonds is 63. The molecule has 3 N–H and O–H groups in total. The second-order valence-corrected chi connectivity index (χ2v) is 26.0. The monoisotopic (exact) mass is 1080 g/mol. The zero-order valence-electron chi connectivity index (χ0n) is 51.3. The molecule has 0 spiro atoms. The zero-order chi connectivity index (χ0) is 54.9. The van der Waals surface area contributed by atoms with Crippen molar-refractivity contribution in [3.63, 3.8) is 0 Å². The number of allylic oxidation sites excluding steroid dienone is 2. The summed E-state index contributed by atoms with van der Waals surface area (Å²) in [6, 6.07) is -0.759. The van der Waals surface area contributed by atoms with Gasteiger partial charge in [0, 0.05) is 6.42 Å². The molecular formula is C66H134N2O6P+. The van der Waals surface area contributed by atoms with Crippen LogP contribution in [0.1, 0.15) is 354 Å². The molecule has 0 aromatic heterocycles. The minimum Gasteiger partial charge on any atom is -0.391 e. The van der Waals surface area contributed by atoms with Gasteiger partial charge in [-0.2, -0.15) is 0 Å². The fourth-order valence-corrected chi connectivity index (χ4v) is 11.3. The first-order valence-electron chi connectivity index (χ1n) is 33.6. The van der Waals surface area contributed by atoms with Crippen LogP contribution in [0.15, 0.2) is 12.2 Å². The van der Waals surface area contributed by atoms with Crippen molar-refractivity contribution in [1.82, 2.24) is 5.32 Å². The summed E-state index contributed by atoms with van der Waals surface area (Å²) in [6.07, 6.45) is 73.0. The van der Waals surface area contributed by atoms with Crippen molar-refractivity contribution in [3.8, 4) is 0 Å². The van der Waals surface area contributed by atoms with Crippen LogP contribution in [0, 0.1) is 0 Å². The Kier molecular flexibility index (Phi) is 57.3. The van der Waals surface area contributed by atoms with Crippen LogP contribution in [0.25, 0.3) is 0 Å². The number of carbonyl (C=O) groups excluding carboxylic acids is 1. The van der Waals surface area contributed by atoms with Gasteiger partial charge in [0.1, 0.15) is 13.2 Å². The number of nitrogens with one attached hydrogen (secondary N) is 1. The second-order valence-electron chi connectivity index (χ2n) is 24.6. The fourth-order valence-electron chi connectivity index (χ4n) is 10.5. The summed E-state index contributed by atoms with van der Waals surface area (Å²) < 4.78 is 23.9. The molecule has 0 radical (unpaired) electrons. The van der Waals surface area contributed by atoms with E-state index in [-0.39, 0.29) is 19.1 Å². The second kappa shape index (κ2) is 57.9. The summed E-state index contributed by atoms with van der Waals surface area (Å²) in [4.78, 5) is 23.4. The zero-order valence-corrected chi connectivity index (χ0v) is 52.2. The van der Waals surface area contributed by atoms with E-state index < -0.39 is 20.0 Å². The standard InChI is InChI=1S/C66H133N2O6P/c1-6-8-10-12-14-16-18-20-22-24-26-28-30-32-34-36-38-40-42-44-46-48-50-52-54-56-58-60-66(70)67-64(63-74-75(71,72)73-62-61-68(3,4)5)65(69)59-57-55-53-51-49-47-45-43-41-39-37-35-33-31-29-27-25-23-21-19-17-15-13-11-9-7-2/h24,26,64-65,69H,6-23,25,27-63H2,1-5H3,(H-,67,70,71,72)/p+1/b26-24-. The van der Waals surface area contributed by atoms with Gasteiger partial charge in [-0.05, 0) is 38.5 Å². The van der Waals surface area contributed by atoms with Crippen molar-refractivity contribution in [1.29, 1.82) is 0 Å². The van der Waals surface area contributed by atoms with Crippen molar-refractivity contribution in [2.75, 3.05) is 40.9 Å². The molecule has 0 aliphatic heterocycles. The third kappa shape index (κ3) is 60.7. The number of likely N-dealkylation sites (N-methyl/N-ethyl adjacent to an activating group) is 1. The third-order valence-electron chi connectivity index (χ3n) is 15.8. The van der Waals surface area contributed by atoms with Gasteiger partial charge in [-0.3, -0.25) is 13.8 Å². The normalized spacial score (nSPS) is 13.7. The van der Waals surface area contributed by atoms with E-state index in [1.165, 1.54) is 289 Å². The quantitative estimate of drug-likeness (QED) is 0.0243. The maximum absolute atomic E-state index is 13.1. The van der Waals surface area contributed by atoms with E-state index in [4.69, 9.17) is 9.05 Å². The van der Waals surface area contributed by atoms with Crippen LogP contribution in [0.2, 0.25) is 0 Å². The number of aliphatic hydroxyl groups is 1. The number of phosphoric acid groups is 1. The Morgan fingerprint density at radius 1 is 0.440 bits per heavy atom. The fraction of sp³-hybridized carbons (Fsp3) is 0.955. The highest BCUT2D eigenvalue weighted by atomic mass is 31.2. The molecule has 0 aromatic carbocycles. The van der Waals surface area contributed by atoms with E-state index in [9.17, 15) is 19.4 Å². The Balaban J connectivity index is 4.04. The molecule has 0 bridgehead atoms. The molecule has 0 rings (SSSR count). The van der Waals surface area contributed by atoms with Crippen molar-refractivity contribution in [2.45, 2.75) is 366 Å². The van der Waals surface area contributed by atoms with Gasteiger partial charge < -0.3 is 19.8 Å². The summed E-state index contributed by atoms with van der Waals surface area (Å²) in [5.41, 5.74) is 0. The van der Waals surface area contributed by atoms with Crippen LogP contribution >= 0.6 is 7.82 Å². The predicted molar refractivity (Wildman–Crippen MR) is 328 cm³/mol. The number of phosphoric ester groups is 1. The van der Waals surface area contributed by atoms with Crippen molar-refractivity contribution < 1.29 is 32.9 Å². The molecule has 448 valence electrons. The Morgan fingerprint density at radius 2 is 0.720 bits per heavy atom. The molecule has 0 fully saturated rings. The minimum atomic E-state index is -4.33. The Labute approximate surface area is 469 Å². The lowest BCUT2D eigenvalue weighted by molar-refractivity contribution is -0.870. The molecule has 1 amide bonds. The number of quaternary nitrogens is 1. The van der Waals surface area contributed by atoms with Gasteiger partial charge in [0.15, 0.2) is 0 Å². The average Bonchev–Trinajstić information content (AvgIpc) is 3.37. The van der Waals surface area contributed by atoms with Gasteiger partial charge in [0.25, 0.3) is 0 Å². The molecule has 0 aliphatic carbocycles. The molecule has 3 atom stereocenters. The summed E-state index contributed by atoms with van der Waals surface area (Å²) in [7, 11) is 1.64. The molecule has 0 saturated carbocycles. The maximum atomic E-state index is 13.1. The number of unbranched alkanes of at least 4 members (excludes halogenated alkanes) is 48. The number of carbonyl (C=O) groups is 1. The van der Waals surface area contributed by atoms with E-state index in [1.807, 2.05) is 21.1 Å². The van der Waals surface area contributed by atoms with Crippen LogP contribution in [0.3, 0.4) is 0 Å². The van der Waals surface area contributed by atoms with Crippen molar-refractivity contribution >= 4 is 13.7 Å². The highest BCUT2D eigenvalue weighted by Gasteiger charge is 2.28. The van der Waals surface area contributed by atoms with Crippen LogP contribution in [-0.4, -0.2) is 73.4 Å². The molecule has 8 nitrogen and oxygen atoms in total. The van der Waals surface area contributed by atoms with Crippen molar-refractivity contribution in [2.24, 2.45) is 0 Å². The number of aliphatic hydroxyl groups excluding tert-OH is 1. The smallest absolute Gasteiger partial charge is 0.391 e.